The number of hydrogen-bond donors (Lipinski definition) is 1. The molecule has 20 heavy (non-hydrogen) atoms. The van der Waals surface area contributed by atoms with Gasteiger partial charge >= 0.3 is 0 Å². The smallest absolute Gasteiger partial charge is 0.225 e. The van der Waals surface area contributed by atoms with E-state index in [0.717, 1.165) is 43.0 Å². The summed E-state index contributed by atoms with van der Waals surface area (Å²) in [4.78, 5) is 13.2. The number of nitrogens with one attached hydrogen (secondary N) is 1. The van der Waals surface area contributed by atoms with Gasteiger partial charge in [0.25, 0.3) is 0 Å². The molecule has 0 aliphatic heterocycles. The Morgan fingerprint density at radius 1 is 1.50 bits per heavy atom. The monoisotopic (exact) mass is 290 g/mol. The third-order valence-electron chi connectivity index (χ3n) is 4.07. The first kappa shape index (κ1) is 15.1. The summed E-state index contributed by atoms with van der Waals surface area (Å²) in [5.41, 5.74) is 1.90. The molecule has 1 aromatic rings. The van der Waals surface area contributed by atoms with Gasteiger partial charge in [-0.05, 0) is 37.2 Å². The molecular formula is C16H22N2OS. The van der Waals surface area contributed by atoms with Gasteiger partial charge in [0, 0.05) is 11.3 Å². The van der Waals surface area contributed by atoms with Crippen LogP contribution in [-0.2, 0) is 17.6 Å². The quantitative estimate of drug-likeness (QED) is 0.880. The van der Waals surface area contributed by atoms with Crippen LogP contribution in [0.3, 0.4) is 0 Å². The van der Waals surface area contributed by atoms with Gasteiger partial charge in [0.2, 0.25) is 5.91 Å². The number of carbonyl (C=O) groups excluding carboxylic acids is 1. The molecule has 1 atom stereocenters. The van der Waals surface area contributed by atoms with Crippen molar-refractivity contribution < 1.29 is 4.79 Å². The van der Waals surface area contributed by atoms with Crippen LogP contribution in [0.2, 0.25) is 0 Å². The van der Waals surface area contributed by atoms with Crippen LogP contribution in [0.1, 0.15) is 62.0 Å². The van der Waals surface area contributed by atoms with Gasteiger partial charge in [-0.3, -0.25) is 4.79 Å². The van der Waals surface area contributed by atoms with E-state index >= 15 is 0 Å². The number of anilines is 1. The Kier molecular flexibility index (Phi) is 5.19. The van der Waals surface area contributed by atoms with Crippen molar-refractivity contribution in [2.45, 2.75) is 58.8 Å². The fourth-order valence-corrected chi connectivity index (χ4v) is 4.06. The van der Waals surface area contributed by atoms with Crippen LogP contribution in [-0.4, -0.2) is 5.91 Å². The lowest BCUT2D eigenvalue weighted by atomic mass is 9.86. The van der Waals surface area contributed by atoms with Gasteiger partial charge in [-0.2, -0.15) is 5.26 Å². The lowest BCUT2D eigenvalue weighted by Gasteiger charge is -2.20. The number of fused-ring (bicyclic) bond motifs is 1. The molecule has 3 nitrogen and oxygen atoms in total. The van der Waals surface area contributed by atoms with Crippen LogP contribution in [0.15, 0.2) is 0 Å². The van der Waals surface area contributed by atoms with Gasteiger partial charge in [0.1, 0.15) is 11.1 Å². The third-order valence-corrected chi connectivity index (χ3v) is 5.24. The molecule has 0 saturated carbocycles. The lowest BCUT2D eigenvalue weighted by molar-refractivity contribution is -0.116. The zero-order valence-electron chi connectivity index (χ0n) is 12.3. The molecule has 0 radical (unpaired) electrons. The van der Waals surface area contributed by atoms with Crippen molar-refractivity contribution in [3.05, 3.63) is 16.0 Å². The molecule has 1 heterocycles. The summed E-state index contributed by atoms with van der Waals surface area (Å²) in [7, 11) is 0. The molecule has 0 spiro atoms. The molecule has 1 aliphatic rings. The SMILES string of the molecule is CCCCC(=O)Nc1sc2c(c1C#N)CC[C@@H](CC)C2. The standard InChI is InChI=1S/C16H22N2OS/c1-3-5-6-15(19)18-16-13(10-17)12-8-7-11(4-2)9-14(12)20-16/h11H,3-9H2,1-2H3,(H,18,19)/t11-/m1/s1. The van der Waals surface area contributed by atoms with E-state index in [1.165, 1.54) is 16.9 Å². The Morgan fingerprint density at radius 2 is 2.30 bits per heavy atom. The Labute approximate surface area is 125 Å². The maximum absolute atomic E-state index is 11.9. The summed E-state index contributed by atoms with van der Waals surface area (Å²) >= 11 is 1.61. The average Bonchev–Trinajstić information content (AvgIpc) is 2.80. The highest BCUT2D eigenvalue weighted by Gasteiger charge is 2.25. The van der Waals surface area contributed by atoms with Crippen molar-refractivity contribution in [2.75, 3.05) is 5.32 Å². The van der Waals surface area contributed by atoms with E-state index in [0.29, 0.717) is 12.0 Å². The molecule has 108 valence electrons. The van der Waals surface area contributed by atoms with Crippen molar-refractivity contribution in [2.24, 2.45) is 5.92 Å². The van der Waals surface area contributed by atoms with Crippen molar-refractivity contribution in [1.82, 2.24) is 0 Å². The number of amides is 1. The molecule has 4 heteroatoms. The number of carbonyl (C=O) groups is 1. The van der Waals surface area contributed by atoms with E-state index in [1.807, 2.05) is 0 Å². The average molecular weight is 290 g/mol. The zero-order valence-corrected chi connectivity index (χ0v) is 13.1. The highest BCUT2D eigenvalue weighted by Crippen LogP contribution is 2.40. The van der Waals surface area contributed by atoms with Crippen molar-refractivity contribution in [3.8, 4) is 6.07 Å². The van der Waals surface area contributed by atoms with Crippen molar-refractivity contribution in [3.63, 3.8) is 0 Å². The van der Waals surface area contributed by atoms with Crippen molar-refractivity contribution >= 4 is 22.2 Å². The first-order valence-electron chi connectivity index (χ1n) is 7.54. The molecule has 1 N–H and O–H groups in total. The molecule has 0 bridgehead atoms. The van der Waals surface area contributed by atoms with Crippen LogP contribution in [0.4, 0.5) is 5.00 Å². The number of hydrogen-bond acceptors (Lipinski definition) is 3. The van der Waals surface area contributed by atoms with Gasteiger partial charge < -0.3 is 5.32 Å². The summed E-state index contributed by atoms with van der Waals surface area (Å²) in [6.45, 7) is 4.30. The van der Waals surface area contributed by atoms with Gasteiger partial charge in [-0.1, -0.05) is 26.7 Å². The fourth-order valence-electron chi connectivity index (χ4n) is 2.74. The predicted molar refractivity (Wildman–Crippen MR) is 83.0 cm³/mol. The van der Waals surface area contributed by atoms with Gasteiger partial charge in [-0.15, -0.1) is 11.3 Å². The summed E-state index contributed by atoms with van der Waals surface area (Å²) in [5.74, 6) is 0.769. The summed E-state index contributed by atoms with van der Waals surface area (Å²) in [6.07, 6.45) is 6.86. The van der Waals surface area contributed by atoms with E-state index in [1.54, 1.807) is 11.3 Å². The topological polar surface area (TPSA) is 52.9 Å². The number of nitrogens with zero attached hydrogens (tertiary/aromatic N) is 1. The largest absolute Gasteiger partial charge is 0.317 e. The van der Waals surface area contributed by atoms with E-state index in [9.17, 15) is 10.1 Å². The van der Waals surface area contributed by atoms with E-state index in [2.05, 4.69) is 25.2 Å². The van der Waals surface area contributed by atoms with Crippen LogP contribution in [0.25, 0.3) is 0 Å². The molecule has 1 aromatic heterocycles. The maximum Gasteiger partial charge on any atom is 0.225 e. The Morgan fingerprint density at radius 3 is 2.95 bits per heavy atom. The van der Waals surface area contributed by atoms with E-state index < -0.39 is 0 Å². The second kappa shape index (κ2) is 6.90. The third kappa shape index (κ3) is 3.21. The molecule has 1 amide bonds. The Balaban J connectivity index is 2.16. The molecule has 0 unspecified atom stereocenters. The van der Waals surface area contributed by atoms with Crippen LogP contribution in [0, 0.1) is 17.2 Å². The van der Waals surface area contributed by atoms with Gasteiger partial charge in [-0.25, -0.2) is 0 Å². The fraction of sp³-hybridized carbons (Fsp3) is 0.625. The van der Waals surface area contributed by atoms with Crippen LogP contribution >= 0.6 is 11.3 Å². The highest BCUT2D eigenvalue weighted by atomic mass is 32.1. The molecule has 0 aromatic carbocycles. The zero-order chi connectivity index (χ0) is 14.5. The minimum atomic E-state index is 0.0361. The summed E-state index contributed by atoms with van der Waals surface area (Å²) in [6, 6.07) is 2.29. The minimum Gasteiger partial charge on any atom is -0.317 e. The molecule has 0 fully saturated rings. The number of nitriles is 1. The molecule has 0 saturated heterocycles. The van der Waals surface area contributed by atoms with E-state index in [4.69, 9.17) is 0 Å². The van der Waals surface area contributed by atoms with Crippen molar-refractivity contribution in [1.29, 1.82) is 5.26 Å². The van der Waals surface area contributed by atoms with Gasteiger partial charge in [0.05, 0.1) is 5.56 Å². The normalized spacial score (nSPS) is 17.4. The first-order valence-corrected chi connectivity index (χ1v) is 8.35. The highest BCUT2D eigenvalue weighted by molar-refractivity contribution is 7.16. The first-order chi connectivity index (χ1) is 9.69. The minimum absolute atomic E-state index is 0.0361. The Hall–Kier alpha value is -1.34. The number of unbranched alkanes of at least 4 members (excludes halogenated alkanes) is 1. The summed E-state index contributed by atoms with van der Waals surface area (Å²) in [5, 5.41) is 13.1. The number of rotatable bonds is 5. The van der Waals surface area contributed by atoms with E-state index in [-0.39, 0.29) is 5.91 Å². The lowest BCUT2D eigenvalue weighted by Crippen LogP contribution is -2.12. The van der Waals surface area contributed by atoms with Gasteiger partial charge in [0.15, 0.2) is 0 Å². The molecule has 1 aliphatic carbocycles. The second-order valence-corrected chi connectivity index (χ2v) is 6.59. The Bertz CT molecular complexity index is 527. The van der Waals surface area contributed by atoms with Crippen LogP contribution < -0.4 is 5.32 Å². The summed E-state index contributed by atoms with van der Waals surface area (Å²) < 4.78 is 0. The molecule has 2 rings (SSSR count). The second-order valence-electron chi connectivity index (χ2n) is 5.49. The molecular weight excluding hydrogens is 268 g/mol. The predicted octanol–water partition coefficient (Wildman–Crippen LogP) is 4.26. The maximum atomic E-state index is 11.9. The van der Waals surface area contributed by atoms with Crippen LogP contribution in [0.5, 0.6) is 0 Å². The number of thiophene rings is 1.